The molecular formula is C31H27FN6O2S3. The number of rotatable bonds is 9. The van der Waals surface area contributed by atoms with Crippen molar-refractivity contribution in [3.8, 4) is 5.69 Å². The highest BCUT2D eigenvalue weighted by molar-refractivity contribution is 7.99. The number of hydrogen-bond acceptors (Lipinski definition) is 8. The number of halogens is 1. The summed E-state index contributed by atoms with van der Waals surface area (Å²) in [5.41, 5.74) is 4.66. The molecule has 3 aromatic heterocycles. The summed E-state index contributed by atoms with van der Waals surface area (Å²) < 4.78 is 15.6. The molecule has 5 aromatic rings. The number of thioether (sulfide) groups is 1. The Morgan fingerprint density at radius 2 is 1.79 bits per heavy atom. The van der Waals surface area contributed by atoms with E-state index in [4.69, 9.17) is 5.10 Å². The molecule has 43 heavy (non-hydrogen) atoms. The van der Waals surface area contributed by atoms with E-state index in [0.717, 1.165) is 33.0 Å². The minimum Gasteiger partial charge on any atom is -0.344 e. The molecule has 0 aliphatic carbocycles. The van der Waals surface area contributed by atoms with Crippen molar-refractivity contribution < 1.29 is 14.0 Å². The van der Waals surface area contributed by atoms with Crippen LogP contribution < -0.4 is 5.32 Å². The Bertz CT molecular complexity index is 1780. The fourth-order valence-corrected chi connectivity index (χ4v) is 7.03. The second kappa shape index (κ2) is 12.6. The van der Waals surface area contributed by atoms with Gasteiger partial charge in [0.05, 0.1) is 39.5 Å². The molecule has 4 heterocycles. The molecule has 0 spiro atoms. The number of amides is 2. The Kier molecular flexibility index (Phi) is 8.50. The van der Waals surface area contributed by atoms with Crippen LogP contribution in [0.5, 0.6) is 0 Å². The summed E-state index contributed by atoms with van der Waals surface area (Å²) in [5, 5.41) is 22.4. The lowest BCUT2D eigenvalue weighted by Gasteiger charge is -2.22. The van der Waals surface area contributed by atoms with Gasteiger partial charge in [-0.15, -0.1) is 32.9 Å². The molecule has 0 fully saturated rings. The van der Waals surface area contributed by atoms with Crippen molar-refractivity contribution in [3.63, 3.8) is 0 Å². The Balaban J connectivity index is 1.26. The zero-order chi connectivity index (χ0) is 29.9. The Labute approximate surface area is 260 Å². The van der Waals surface area contributed by atoms with Crippen LogP contribution in [0.3, 0.4) is 0 Å². The van der Waals surface area contributed by atoms with Crippen molar-refractivity contribution in [1.29, 1.82) is 0 Å². The molecule has 8 nitrogen and oxygen atoms in total. The number of nitrogens with one attached hydrogen (secondary N) is 1. The number of carbonyl (C=O) groups excluding carboxylic acids is 2. The summed E-state index contributed by atoms with van der Waals surface area (Å²) in [5.74, 6) is -0.104. The number of carbonyl (C=O) groups is 2. The van der Waals surface area contributed by atoms with Crippen molar-refractivity contribution in [1.82, 2.24) is 25.1 Å². The van der Waals surface area contributed by atoms with Gasteiger partial charge in [0.25, 0.3) is 11.8 Å². The zero-order valence-electron chi connectivity index (χ0n) is 23.4. The lowest BCUT2D eigenvalue weighted by atomic mass is 10.0. The Hall–Kier alpha value is -4.13. The van der Waals surface area contributed by atoms with E-state index in [9.17, 15) is 14.0 Å². The molecule has 1 N–H and O–H groups in total. The summed E-state index contributed by atoms with van der Waals surface area (Å²) >= 11 is 4.20. The second-order valence-electron chi connectivity index (χ2n) is 9.94. The molecule has 6 rings (SSSR count). The van der Waals surface area contributed by atoms with Gasteiger partial charge in [0.15, 0.2) is 11.0 Å². The SMILES string of the molecule is Cc1cccc(-n2c(CNC(=O)c3cccs3)nnc2SCC(=O)N2N=C(c3cccs3)C[C@H]2c2ccc(F)cc2)c1C. The number of aryl methyl sites for hydroxylation is 1. The minimum atomic E-state index is -0.342. The maximum atomic E-state index is 13.7. The molecule has 1 aliphatic rings. The van der Waals surface area contributed by atoms with Gasteiger partial charge < -0.3 is 5.32 Å². The molecule has 2 aromatic carbocycles. The van der Waals surface area contributed by atoms with Crippen molar-refractivity contribution in [2.45, 2.75) is 38.0 Å². The van der Waals surface area contributed by atoms with E-state index >= 15 is 0 Å². The molecule has 218 valence electrons. The summed E-state index contributed by atoms with van der Waals surface area (Å²) in [6.45, 7) is 4.22. The first-order valence-corrected chi connectivity index (χ1v) is 16.3. The van der Waals surface area contributed by atoms with Crippen LogP contribution in [0.1, 0.15) is 49.5 Å². The summed E-state index contributed by atoms with van der Waals surface area (Å²) in [6, 6.07) is 19.4. The van der Waals surface area contributed by atoms with Crippen LogP contribution in [0.2, 0.25) is 0 Å². The molecule has 0 saturated heterocycles. The van der Waals surface area contributed by atoms with Crippen LogP contribution in [0.15, 0.2) is 87.7 Å². The smallest absolute Gasteiger partial charge is 0.261 e. The average Bonchev–Trinajstić information content (AvgIpc) is 3.83. The van der Waals surface area contributed by atoms with Crippen molar-refractivity contribution in [2.24, 2.45) is 5.10 Å². The van der Waals surface area contributed by atoms with Gasteiger partial charge in [0, 0.05) is 6.42 Å². The Morgan fingerprint density at radius 3 is 2.53 bits per heavy atom. The topological polar surface area (TPSA) is 92.5 Å². The number of hydrazone groups is 1. The van der Waals surface area contributed by atoms with Gasteiger partial charge in [-0.25, -0.2) is 9.40 Å². The van der Waals surface area contributed by atoms with Gasteiger partial charge in [0.1, 0.15) is 5.82 Å². The first kappa shape index (κ1) is 29.0. The number of aromatic nitrogens is 3. The summed E-state index contributed by atoms with van der Waals surface area (Å²) in [4.78, 5) is 28.0. The van der Waals surface area contributed by atoms with Gasteiger partial charge in [0.2, 0.25) is 0 Å². The monoisotopic (exact) mass is 630 g/mol. The maximum Gasteiger partial charge on any atom is 0.261 e. The third-order valence-electron chi connectivity index (χ3n) is 7.22. The van der Waals surface area contributed by atoms with Crippen molar-refractivity contribution in [2.75, 3.05) is 5.75 Å². The van der Waals surface area contributed by atoms with Gasteiger partial charge in [-0.05, 0) is 71.6 Å². The van der Waals surface area contributed by atoms with Crippen LogP contribution in [0.4, 0.5) is 4.39 Å². The molecule has 2 amide bonds. The van der Waals surface area contributed by atoms with E-state index < -0.39 is 0 Å². The molecule has 1 atom stereocenters. The predicted octanol–water partition coefficient (Wildman–Crippen LogP) is 6.55. The lowest BCUT2D eigenvalue weighted by Crippen LogP contribution is -2.28. The van der Waals surface area contributed by atoms with E-state index in [1.54, 1.807) is 29.5 Å². The van der Waals surface area contributed by atoms with E-state index in [2.05, 4.69) is 15.5 Å². The van der Waals surface area contributed by atoms with Crippen LogP contribution in [0, 0.1) is 19.7 Å². The van der Waals surface area contributed by atoms with Crippen LogP contribution in [-0.2, 0) is 11.3 Å². The number of thiophene rings is 2. The Morgan fingerprint density at radius 1 is 1.00 bits per heavy atom. The zero-order valence-corrected chi connectivity index (χ0v) is 25.8. The average molecular weight is 631 g/mol. The van der Waals surface area contributed by atoms with Gasteiger partial charge in [-0.1, -0.05) is 48.2 Å². The third kappa shape index (κ3) is 6.17. The molecule has 0 bridgehead atoms. The molecule has 1 aliphatic heterocycles. The van der Waals surface area contributed by atoms with Crippen LogP contribution in [0.25, 0.3) is 5.69 Å². The largest absolute Gasteiger partial charge is 0.344 e. The van der Waals surface area contributed by atoms with E-state index in [-0.39, 0.29) is 36.0 Å². The molecule has 0 radical (unpaired) electrons. The number of nitrogens with zero attached hydrogens (tertiary/aromatic N) is 5. The highest BCUT2D eigenvalue weighted by Gasteiger charge is 2.34. The second-order valence-corrected chi connectivity index (χ2v) is 12.8. The van der Waals surface area contributed by atoms with E-state index in [0.29, 0.717) is 22.3 Å². The van der Waals surface area contributed by atoms with E-state index in [1.165, 1.54) is 40.2 Å². The molecule has 12 heteroatoms. The van der Waals surface area contributed by atoms with Gasteiger partial charge >= 0.3 is 0 Å². The normalized spacial score (nSPS) is 14.6. The predicted molar refractivity (Wildman–Crippen MR) is 169 cm³/mol. The molecular weight excluding hydrogens is 604 g/mol. The first-order chi connectivity index (χ1) is 20.9. The fraction of sp³-hybridized carbons (Fsp3) is 0.194. The van der Waals surface area contributed by atoms with E-state index in [1.807, 2.05) is 65.6 Å². The molecule has 0 unspecified atom stereocenters. The van der Waals surface area contributed by atoms with Gasteiger partial charge in [-0.3, -0.25) is 14.2 Å². The lowest BCUT2D eigenvalue weighted by molar-refractivity contribution is -0.130. The highest BCUT2D eigenvalue weighted by atomic mass is 32.2. The molecule has 0 saturated carbocycles. The van der Waals surface area contributed by atoms with Gasteiger partial charge in [-0.2, -0.15) is 5.10 Å². The summed E-state index contributed by atoms with van der Waals surface area (Å²) in [6.07, 6.45) is 0.537. The van der Waals surface area contributed by atoms with Crippen molar-refractivity contribution >= 4 is 52.0 Å². The number of hydrogen-bond donors (Lipinski definition) is 1. The quantitative estimate of drug-likeness (QED) is 0.187. The van der Waals surface area contributed by atoms with Crippen LogP contribution in [-0.4, -0.2) is 43.1 Å². The standard InChI is InChI=1S/C31H27FN6O2S3/c1-19-6-3-7-24(20(19)2)37-28(17-33-30(40)27-9-5-15-42-27)34-35-31(37)43-18-29(39)38-25(21-10-12-22(32)13-11-21)16-23(36-38)26-8-4-14-41-26/h3-15,25H,16-18H2,1-2H3,(H,33,40)/t25-/m0/s1. The summed E-state index contributed by atoms with van der Waals surface area (Å²) in [7, 11) is 0. The maximum absolute atomic E-state index is 13.7. The number of benzene rings is 2. The van der Waals surface area contributed by atoms with Crippen LogP contribution >= 0.6 is 34.4 Å². The van der Waals surface area contributed by atoms with Crippen molar-refractivity contribution in [3.05, 3.63) is 116 Å². The third-order valence-corrected chi connectivity index (χ3v) is 9.92. The fourth-order valence-electron chi connectivity index (χ4n) is 4.85. The highest BCUT2D eigenvalue weighted by Crippen LogP contribution is 2.35. The first-order valence-electron chi connectivity index (χ1n) is 13.5. The minimum absolute atomic E-state index is 0.0590.